The summed E-state index contributed by atoms with van der Waals surface area (Å²) in [4.78, 5) is 11.2. The fourth-order valence-electron chi connectivity index (χ4n) is 0.903. The van der Waals surface area contributed by atoms with Crippen LogP contribution < -0.4 is 5.73 Å². The normalized spacial score (nSPS) is 8.79. The van der Waals surface area contributed by atoms with E-state index in [4.69, 9.17) is 16.3 Å². The number of anilines is 1. The zero-order valence-corrected chi connectivity index (χ0v) is 8.01. The van der Waals surface area contributed by atoms with E-state index in [-0.39, 0.29) is 21.0 Å². The minimum Gasteiger partial charge on any atom is -0.465 e. The molecule has 0 saturated heterocycles. The lowest BCUT2D eigenvalue weighted by molar-refractivity contribution is 0.0606. The molecule has 1 aromatic rings. The number of rotatable bonds is 1. The third-order valence-electron chi connectivity index (χ3n) is 1.53. The minimum atomic E-state index is -0.653. The fourth-order valence-corrected chi connectivity index (χ4v) is 1.79. The molecule has 70 valence electrons. The molecular formula is C8H5N3O2S. The number of thiophene rings is 1. The van der Waals surface area contributed by atoms with E-state index in [2.05, 4.69) is 4.74 Å². The lowest BCUT2D eigenvalue weighted by Crippen LogP contribution is -2.00. The van der Waals surface area contributed by atoms with Crippen LogP contribution in [0.15, 0.2) is 0 Å². The fraction of sp³-hybridized carbons (Fsp3) is 0.125. The van der Waals surface area contributed by atoms with Crippen LogP contribution in [0, 0.1) is 22.7 Å². The molecule has 0 saturated carbocycles. The van der Waals surface area contributed by atoms with E-state index in [1.54, 1.807) is 12.1 Å². The summed E-state index contributed by atoms with van der Waals surface area (Å²) in [5, 5.41) is 17.6. The number of hydrogen-bond acceptors (Lipinski definition) is 6. The summed E-state index contributed by atoms with van der Waals surface area (Å²) in [6.07, 6.45) is 0. The van der Waals surface area contributed by atoms with Crippen LogP contribution in [-0.2, 0) is 4.74 Å². The Bertz CT molecular complexity index is 464. The highest BCUT2D eigenvalue weighted by molar-refractivity contribution is 7.18. The second-order valence-electron chi connectivity index (χ2n) is 2.26. The van der Waals surface area contributed by atoms with Crippen molar-refractivity contribution < 1.29 is 9.53 Å². The van der Waals surface area contributed by atoms with Crippen molar-refractivity contribution >= 4 is 22.3 Å². The number of ether oxygens (including phenoxy) is 1. The Hall–Kier alpha value is -2.05. The Morgan fingerprint density at radius 3 is 2.43 bits per heavy atom. The Labute approximate surface area is 83.9 Å². The van der Waals surface area contributed by atoms with Gasteiger partial charge >= 0.3 is 5.97 Å². The SMILES string of the molecule is COC(=O)c1sc(N)c(C#N)c1C#N. The van der Waals surface area contributed by atoms with Crippen LogP contribution >= 0.6 is 11.3 Å². The van der Waals surface area contributed by atoms with E-state index in [1.165, 1.54) is 7.11 Å². The molecule has 0 spiro atoms. The Morgan fingerprint density at radius 2 is 2.00 bits per heavy atom. The highest BCUT2D eigenvalue weighted by atomic mass is 32.1. The molecule has 0 amide bonds. The highest BCUT2D eigenvalue weighted by Gasteiger charge is 2.21. The van der Waals surface area contributed by atoms with Gasteiger partial charge in [-0.2, -0.15) is 10.5 Å². The zero-order valence-electron chi connectivity index (χ0n) is 7.20. The topological polar surface area (TPSA) is 99.9 Å². The monoisotopic (exact) mass is 207 g/mol. The second kappa shape index (κ2) is 3.77. The number of carbonyl (C=O) groups is 1. The van der Waals surface area contributed by atoms with E-state index in [0.717, 1.165) is 11.3 Å². The molecule has 0 bridgehead atoms. The summed E-state index contributed by atoms with van der Waals surface area (Å²) in [5.74, 6) is -0.653. The average Bonchev–Trinajstić information content (AvgIpc) is 2.53. The number of methoxy groups -OCH3 is 1. The number of nitrogens with zero attached hydrogens (tertiary/aromatic N) is 2. The molecule has 1 rings (SSSR count). The van der Waals surface area contributed by atoms with Gasteiger partial charge in [0.25, 0.3) is 0 Å². The van der Waals surface area contributed by atoms with Crippen LogP contribution in [0.2, 0.25) is 0 Å². The molecule has 0 radical (unpaired) electrons. The van der Waals surface area contributed by atoms with E-state index < -0.39 is 5.97 Å². The van der Waals surface area contributed by atoms with Gasteiger partial charge in [-0.1, -0.05) is 0 Å². The van der Waals surface area contributed by atoms with E-state index >= 15 is 0 Å². The summed E-state index contributed by atoms with van der Waals surface area (Å²) < 4.78 is 4.45. The number of nitrogen functional groups attached to an aromatic ring is 1. The smallest absolute Gasteiger partial charge is 0.349 e. The number of hydrogen-bond donors (Lipinski definition) is 1. The molecule has 0 aliphatic carbocycles. The third-order valence-corrected chi connectivity index (χ3v) is 2.53. The second-order valence-corrected chi connectivity index (χ2v) is 3.31. The Balaban J connectivity index is 3.43. The maximum atomic E-state index is 11.1. The van der Waals surface area contributed by atoms with Crippen molar-refractivity contribution in [2.45, 2.75) is 0 Å². The summed E-state index contributed by atoms with van der Waals surface area (Å²) in [6.45, 7) is 0. The lowest BCUT2D eigenvalue weighted by Gasteiger charge is -1.93. The summed E-state index contributed by atoms with van der Waals surface area (Å²) in [7, 11) is 1.20. The molecule has 1 aromatic heterocycles. The third kappa shape index (κ3) is 1.39. The molecular weight excluding hydrogens is 202 g/mol. The Morgan fingerprint density at radius 1 is 1.43 bits per heavy atom. The van der Waals surface area contributed by atoms with Gasteiger partial charge in [0, 0.05) is 0 Å². The molecule has 5 nitrogen and oxygen atoms in total. The van der Waals surface area contributed by atoms with Gasteiger partial charge in [0.05, 0.1) is 12.7 Å². The number of nitrogens with two attached hydrogens (primary N) is 1. The van der Waals surface area contributed by atoms with E-state index in [0.29, 0.717) is 0 Å². The molecule has 14 heavy (non-hydrogen) atoms. The molecule has 0 aliphatic heterocycles. The van der Waals surface area contributed by atoms with Crippen molar-refractivity contribution in [3.8, 4) is 12.1 Å². The maximum Gasteiger partial charge on any atom is 0.349 e. The first-order valence-electron chi connectivity index (χ1n) is 3.46. The van der Waals surface area contributed by atoms with Crippen molar-refractivity contribution in [3.63, 3.8) is 0 Å². The van der Waals surface area contributed by atoms with Gasteiger partial charge in [-0.3, -0.25) is 0 Å². The van der Waals surface area contributed by atoms with Gasteiger partial charge < -0.3 is 10.5 Å². The van der Waals surface area contributed by atoms with Crippen molar-refractivity contribution in [2.75, 3.05) is 12.8 Å². The largest absolute Gasteiger partial charge is 0.465 e. The molecule has 0 aliphatic rings. The molecule has 0 unspecified atom stereocenters. The van der Waals surface area contributed by atoms with Crippen molar-refractivity contribution in [3.05, 3.63) is 16.0 Å². The molecule has 0 aromatic carbocycles. The van der Waals surface area contributed by atoms with Crippen molar-refractivity contribution in [1.29, 1.82) is 10.5 Å². The summed E-state index contributed by atoms with van der Waals surface area (Å²) in [5.41, 5.74) is 5.49. The van der Waals surface area contributed by atoms with Crippen molar-refractivity contribution in [2.24, 2.45) is 0 Å². The summed E-state index contributed by atoms with van der Waals surface area (Å²) in [6, 6.07) is 3.53. The molecule has 0 fully saturated rings. The van der Waals surface area contributed by atoms with Crippen LogP contribution in [-0.4, -0.2) is 13.1 Å². The van der Waals surface area contributed by atoms with Gasteiger partial charge in [0.1, 0.15) is 27.6 Å². The zero-order chi connectivity index (χ0) is 10.7. The minimum absolute atomic E-state index is 0.0122. The summed E-state index contributed by atoms with van der Waals surface area (Å²) >= 11 is 0.881. The average molecular weight is 207 g/mol. The molecule has 1 heterocycles. The Kier molecular flexibility index (Phi) is 2.70. The number of esters is 1. The quantitative estimate of drug-likeness (QED) is 0.688. The van der Waals surface area contributed by atoms with Gasteiger partial charge in [0.2, 0.25) is 0 Å². The maximum absolute atomic E-state index is 11.1. The lowest BCUT2D eigenvalue weighted by atomic mass is 10.2. The van der Waals surface area contributed by atoms with Crippen LogP contribution in [0.1, 0.15) is 20.8 Å². The van der Waals surface area contributed by atoms with Gasteiger partial charge in [-0.15, -0.1) is 11.3 Å². The first kappa shape index (κ1) is 10.0. The molecule has 6 heteroatoms. The first-order chi connectivity index (χ1) is 6.65. The van der Waals surface area contributed by atoms with Crippen molar-refractivity contribution in [1.82, 2.24) is 0 Å². The van der Waals surface area contributed by atoms with Gasteiger partial charge in [-0.05, 0) is 0 Å². The van der Waals surface area contributed by atoms with Gasteiger partial charge in [0.15, 0.2) is 0 Å². The predicted octanol–water partition coefficient (Wildman–Crippen LogP) is 0.860. The van der Waals surface area contributed by atoms with Crippen LogP contribution in [0.5, 0.6) is 0 Å². The molecule has 0 atom stereocenters. The highest BCUT2D eigenvalue weighted by Crippen LogP contribution is 2.30. The van der Waals surface area contributed by atoms with E-state index in [9.17, 15) is 4.79 Å². The number of nitriles is 2. The van der Waals surface area contributed by atoms with Crippen LogP contribution in [0.4, 0.5) is 5.00 Å². The first-order valence-corrected chi connectivity index (χ1v) is 4.28. The molecule has 2 N–H and O–H groups in total. The standard InChI is InChI=1S/C8H5N3O2S/c1-13-8(12)6-4(2-9)5(3-10)7(11)14-6/h11H2,1H3. The van der Waals surface area contributed by atoms with Gasteiger partial charge in [-0.25, -0.2) is 4.79 Å². The number of carbonyl (C=O) groups excluding carboxylic acids is 1. The van der Waals surface area contributed by atoms with Crippen LogP contribution in [0.3, 0.4) is 0 Å². The van der Waals surface area contributed by atoms with Crippen LogP contribution in [0.25, 0.3) is 0 Å². The van der Waals surface area contributed by atoms with E-state index in [1.807, 2.05) is 0 Å². The predicted molar refractivity (Wildman–Crippen MR) is 49.5 cm³/mol.